The van der Waals surface area contributed by atoms with Gasteiger partial charge in [0.15, 0.2) is 0 Å². The van der Waals surface area contributed by atoms with Crippen LogP contribution in [0.4, 0.5) is 0 Å². The van der Waals surface area contributed by atoms with Crippen molar-refractivity contribution in [2.75, 3.05) is 18.6 Å². The van der Waals surface area contributed by atoms with Gasteiger partial charge < -0.3 is 10.4 Å². The molecular formula is C8H17NOS. The SMILES string of the molecule is CNC1(C(C)O)CCSCC1. The Labute approximate surface area is 72.8 Å². The van der Waals surface area contributed by atoms with Crippen LogP contribution in [0.3, 0.4) is 0 Å². The molecule has 1 atom stereocenters. The van der Waals surface area contributed by atoms with Crippen molar-refractivity contribution >= 4 is 11.8 Å². The molecule has 66 valence electrons. The van der Waals surface area contributed by atoms with Gasteiger partial charge in [-0.05, 0) is 38.3 Å². The number of aliphatic hydroxyl groups excluding tert-OH is 1. The molecule has 0 saturated carbocycles. The lowest BCUT2D eigenvalue weighted by Crippen LogP contribution is -2.54. The summed E-state index contributed by atoms with van der Waals surface area (Å²) in [5.41, 5.74) is 0.00521. The molecule has 0 bridgehead atoms. The summed E-state index contributed by atoms with van der Waals surface area (Å²) in [5.74, 6) is 2.34. The Bertz CT molecular complexity index is 121. The van der Waals surface area contributed by atoms with E-state index in [1.54, 1.807) is 0 Å². The van der Waals surface area contributed by atoms with Gasteiger partial charge in [0, 0.05) is 5.54 Å². The van der Waals surface area contributed by atoms with Gasteiger partial charge in [0.2, 0.25) is 0 Å². The zero-order valence-electron chi connectivity index (χ0n) is 7.26. The maximum absolute atomic E-state index is 9.56. The van der Waals surface area contributed by atoms with Gasteiger partial charge in [0.05, 0.1) is 6.10 Å². The lowest BCUT2D eigenvalue weighted by Gasteiger charge is -2.39. The van der Waals surface area contributed by atoms with Crippen molar-refractivity contribution in [1.29, 1.82) is 0 Å². The predicted octanol–water partition coefficient (Wildman–Crippen LogP) is 0.852. The van der Waals surface area contributed by atoms with Crippen LogP contribution in [0.2, 0.25) is 0 Å². The van der Waals surface area contributed by atoms with Crippen molar-refractivity contribution in [1.82, 2.24) is 5.32 Å². The average Bonchev–Trinajstić information content (AvgIpc) is 2.05. The Morgan fingerprint density at radius 3 is 2.27 bits per heavy atom. The van der Waals surface area contributed by atoms with Crippen LogP contribution >= 0.6 is 11.8 Å². The molecular weight excluding hydrogens is 158 g/mol. The predicted molar refractivity (Wildman–Crippen MR) is 50.0 cm³/mol. The molecule has 1 fully saturated rings. The molecule has 1 rings (SSSR count). The number of hydrogen-bond donors (Lipinski definition) is 2. The molecule has 0 aromatic rings. The van der Waals surface area contributed by atoms with Gasteiger partial charge in [0.1, 0.15) is 0 Å². The number of aliphatic hydroxyl groups is 1. The summed E-state index contributed by atoms with van der Waals surface area (Å²) in [5, 5.41) is 12.8. The minimum atomic E-state index is -0.228. The molecule has 1 aliphatic rings. The van der Waals surface area contributed by atoms with Crippen LogP contribution in [-0.2, 0) is 0 Å². The third kappa shape index (κ3) is 1.89. The van der Waals surface area contributed by atoms with E-state index in [1.165, 1.54) is 11.5 Å². The minimum Gasteiger partial charge on any atom is -0.391 e. The molecule has 0 aromatic carbocycles. The van der Waals surface area contributed by atoms with Gasteiger partial charge in [0.25, 0.3) is 0 Å². The summed E-state index contributed by atoms with van der Waals surface area (Å²) in [6.45, 7) is 1.88. The van der Waals surface area contributed by atoms with E-state index in [0.29, 0.717) is 0 Å². The van der Waals surface area contributed by atoms with Gasteiger partial charge in [-0.3, -0.25) is 0 Å². The largest absolute Gasteiger partial charge is 0.391 e. The topological polar surface area (TPSA) is 32.3 Å². The first-order valence-corrected chi connectivity index (χ1v) is 5.31. The van der Waals surface area contributed by atoms with Crippen molar-refractivity contribution in [2.45, 2.75) is 31.4 Å². The van der Waals surface area contributed by atoms with Gasteiger partial charge in [-0.15, -0.1) is 0 Å². The smallest absolute Gasteiger partial charge is 0.0694 e. The molecule has 1 aliphatic heterocycles. The van der Waals surface area contributed by atoms with E-state index >= 15 is 0 Å². The molecule has 11 heavy (non-hydrogen) atoms. The lowest BCUT2D eigenvalue weighted by atomic mass is 9.87. The standard InChI is InChI=1S/C8H17NOS/c1-7(10)8(9-2)3-5-11-6-4-8/h7,9-10H,3-6H2,1-2H3. The van der Waals surface area contributed by atoms with Crippen LogP contribution in [0.1, 0.15) is 19.8 Å². The molecule has 2 nitrogen and oxygen atoms in total. The van der Waals surface area contributed by atoms with E-state index in [9.17, 15) is 5.11 Å². The summed E-state index contributed by atoms with van der Waals surface area (Å²) in [6.07, 6.45) is 1.95. The molecule has 0 aliphatic carbocycles. The Morgan fingerprint density at radius 2 is 2.00 bits per heavy atom. The number of thioether (sulfide) groups is 1. The van der Waals surface area contributed by atoms with Crippen molar-refractivity contribution < 1.29 is 5.11 Å². The molecule has 0 amide bonds. The molecule has 2 N–H and O–H groups in total. The highest BCUT2D eigenvalue weighted by atomic mass is 32.2. The second-order valence-corrected chi connectivity index (χ2v) is 4.42. The van der Waals surface area contributed by atoms with Gasteiger partial charge >= 0.3 is 0 Å². The molecule has 0 radical (unpaired) electrons. The van der Waals surface area contributed by atoms with Gasteiger partial charge in [-0.25, -0.2) is 0 Å². The van der Waals surface area contributed by atoms with Crippen LogP contribution in [-0.4, -0.2) is 35.3 Å². The fraction of sp³-hybridized carbons (Fsp3) is 1.00. The van der Waals surface area contributed by atoms with Crippen molar-refractivity contribution in [3.05, 3.63) is 0 Å². The average molecular weight is 175 g/mol. The molecule has 3 heteroatoms. The second kappa shape index (κ2) is 3.78. The first-order chi connectivity index (χ1) is 5.21. The maximum Gasteiger partial charge on any atom is 0.0694 e. The van der Waals surface area contributed by atoms with E-state index < -0.39 is 0 Å². The van der Waals surface area contributed by atoms with E-state index in [4.69, 9.17) is 0 Å². The summed E-state index contributed by atoms with van der Waals surface area (Å²) < 4.78 is 0. The monoisotopic (exact) mass is 175 g/mol. The Morgan fingerprint density at radius 1 is 1.45 bits per heavy atom. The number of likely N-dealkylation sites (N-methyl/N-ethyl adjacent to an activating group) is 1. The van der Waals surface area contributed by atoms with Gasteiger partial charge in [-0.1, -0.05) is 0 Å². The highest BCUT2D eigenvalue weighted by Gasteiger charge is 2.34. The van der Waals surface area contributed by atoms with E-state index in [0.717, 1.165) is 12.8 Å². The number of nitrogens with one attached hydrogen (secondary N) is 1. The van der Waals surface area contributed by atoms with Crippen molar-refractivity contribution in [3.63, 3.8) is 0 Å². The highest BCUT2D eigenvalue weighted by Crippen LogP contribution is 2.29. The molecule has 1 heterocycles. The van der Waals surface area contributed by atoms with E-state index in [1.807, 2.05) is 25.7 Å². The quantitative estimate of drug-likeness (QED) is 0.652. The Balaban J connectivity index is 2.57. The van der Waals surface area contributed by atoms with Crippen LogP contribution < -0.4 is 5.32 Å². The molecule has 1 unspecified atom stereocenters. The van der Waals surface area contributed by atoms with E-state index in [-0.39, 0.29) is 11.6 Å². The Kier molecular flexibility index (Phi) is 3.22. The minimum absolute atomic E-state index is 0.00521. The van der Waals surface area contributed by atoms with Gasteiger partial charge in [-0.2, -0.15) is 11.8 Å². The zero-order valence-corrected chi connectivity index (χ0v) is 8.08. The molecule has 1 saturated heterocycles. The third-order valence-corrected chi connectivity index (χ3v) is 3.67. The van der Waals surface area contributed by atoms with Crippen LogP contribution in [0.25, 0.3) is 0 Å². The first kappa shape index (κ1) is 9.36. The van der Waals surface area contributed by atoms with Crippen LogP contribution in [0, 0.1) is 0 Å². The fourth-order valence-corrected chi connectivity index (χ4v) is 2.83. The fourth-order valence-electron chi connectivity index (χ4n) is 1.61. The first-order valence-electron chi connectivity index (χ1n) is 4.16. The van der Waals surface area contributed by atoms with Crippen LogP contribution in [0.15, 0.2) is 0 Å². The van der Waals surface area contributed by atoms with E-state index in [2.05, 4.69) is 5.32 Å². The molecule has 0 spiro atoms. The second-order valence-electron chi connectivity index (χ2n) is 3.19. The normalized spacial score (nSPS) is 26.5. The summed E-state index contributed by atoms with van der Waals surface area (Å²) in [6, 6.07) is 0. The molecule has 0 aromatic heterocycles. The number of hydrogen-bond acceptors (Lipinski definition) is 3. The summed E-state index contributed by atoms with van der Waals surface area (Å²) in [4.78, 5) is 0. The van der Waals surface area contributed by atoms with Crippen molar-refractivity contribution in [3.8, 4) is 0 Å². The Hall–Kier alpha value is 0.270. The summed E-state index contributed by atoms with van der Waals surface area (Å²) in [7, 11) is 1.95. The number of rotatable bonds is 2. The van der Waals surface area contributed by atoms with Crippen molar-refractivity contribution in [2.24, 2.45) is 0 Å². The third-order valence-electron chi connectivity index (χ3n) is 2.68. The zero-order chi connectivity index (χ0) is 8.32. The highest BCUT2D eigenvalue weighted by molar-refractivity contribution is 7.99. The van der Waals surface area contributed by atoms with Crippen LogP contribution in [0.5, 0.6) is 0 Å². The summed E-state index contributed by atoms with van der Waals surface area (Å²) >= 11 is 1.98. The lowest BCUT2D eigenvalue weighted by molar-refractivity contribution is 0.0728. The maximum atomic E-state index is 9.56.